The summed E-state index contributed by atoms with van der Waals surface area (Å²) < 4.78 is 0. The average Bonchev–Trinajstić information content (AvgIpc) is 2.29. The molecule has 0 atom stereocenters. The Morgan fingerprint density at radius 1 is 1.12 bits per heavy atom. The molecule has 0 bridgehead atoms. The van der Waals surface area contributed by atoms with E-state index in [4.69, 9.17) is 0 Å². The Morgan fingerprint density at radius 3 is 2.41 bits per heavy atom. The smallest absolute Gasteiger partial charge is 0.148 e. The minimum Gasteiger partial charge on any atom is -0.367 e. The molecule has 0 radical (unpaired) electrons. The molecule has 17 heavy (non-hydrogen) atoms. The number of hydrogen-bond donors (Lipinski definition) is 1. The SMILES string of the molecule is Cc1nc2ccccc2nc1NCCN(C)C. The van der Waals surface area contributed by atoms with Gasteiger partial charge in [-0.1, -0.05) is 12.1 Å². The monoisotopic (exact) mass is 230 g/mol. The third-order valence-corrected chi connectivity index (χ3v) is 2.60. The van der Waals surface area contributed by atoms with Crippen LogP contribution < -0.4 is 5.32 Å². The summed E-state index contributed by atoms with van der Waals surface area (Å²) in [5.41, 5.74) is 2.83. The molecule has 0 spiro atoms. The topological polar surface area (TPSA) is 41.1 Å². The highest BCUT2D eigenvalue weighted by molar-refractivity contribution is 5.76. The fourth-order valence-corrected chi connectivity index (χ4v) is 1.65. The Labute approximate surface area is 102 Å². The Morgan fingerprint density at radius 2 is 1.76 bits per heavy atom. The summed E-state index contributed by atoms with van der Waals surface area (Å²) in [6.07, 6.45) is 0. The normalized spacial score (nSPS) is 11.1. The zero-order valence-electron chi connectivity index (χ0n) is 10.6. The van der Waals surface area contributed by atoms with Crippen LogP contribution in [-0.4, -0.2) is 42.1 Å². The highest BCUT2D eigenvalue weighted by Crippen LogP contribution is 2.15. The van der Waals surface area contributed by atoms with Gasteiger partial charge < -0.3 is 10.2 Å². The third-order valence-electron chi connectivity index (χ3n) is 2.60. The molecule has 0 aliphatic carbocycles. The highest BCUT2D eigenvalue weighted by atomic mass is 15.1. The second-order valence-corrected chi connectivity index (χ2v) is 4.38. The minimum absolute atomic E-state index is 0.876. The van der Waals surface area contributed by atoms with E-state index in [2.05, 4.69) is 34.3 Å². The first-order chi connectivity index (χ1) is 8.16. The van der Waals surface area contributed by atoms with Crippen LogP contribution in [0.25, 0.3) is 11.0 Å². The average molecular weight is 230 g/mol. The zero-order valence-corrected chi connectivity index (χ0v) is 10.6. The van der Waals surface area contributed by atoms with Gasteiger partial charge >= 0.3 is 0 Å². The number of para-hydroxylation sites is 2. The van der Waals surface area contributed by atoms with Crippen LogP contribution in [0.4, 0.5) is 5.82 Å². The lowest BCUT2D eigenvalue weighted by Crippen LogP contribution is -2.21. The predicted molar refractivity (Wildman–Crippen MR) is 71.3 cm³/mol. The van der Waals surface area contributed by atoms with Crippen LogP contribution in [0.2, 0.25) is 0 Å². The molecular weight excluding hydrogens is 212 g/mol. The van der Waals surface area contributed by atoms with Crippen molar-refractivity contribution in [1.29, 1.82) is 0 Å². The summed E-state index contributed by atoms with van der Waals surface area (Å²) in [7, 11) is 4.11. The maximum atomic E-state index is 4.58. The predicted octanol–water partition coefficient (Wildman–Crippen LogP) is 1.91. The second kappa shape index (κ2) is 5.10. The number of anilines is 1. The van der Waals surface area contributed by atoms with Crippen LogP contribution in [0.3, 0.4) is 0 Å². The van der Waals surface area contributed by atoms with Crippen molar-refractivity contribution < 1.29 is 0 Å². The maximum Gasteiger partial charge on any atom is 0.148 e. The van der Waals surface area contributed by atoms with Crippen molar-refractivity contribution in [1.82, 2.24) is 14.9 Å². The van der Waals surface area contributed by atoms with E-state index in [-0.39, 0.29) is 0 Å². The Kier molecular flexibility index (Phi) is 3.54. The molecule has 4 heteroatoms. The number of nitrogens with zero attached hydrogens (tertiary/aromatic N) is 3. The standard InChI is InChI=1S/C13H18N4/c1-10-13(14-8-9-17(2)3)16-12-7-5-4-6-11(12)15-10/h4-7H,8-9H2,1-3H3,(H,14,16). The van der Waals surface area contributed by atoms with E-state index in [0.29, 0.717) is 0 Å². The van der Waals surface area contributed by atoms with E-state index in [0.717, 1.165) is 35.6 Å². The van der Waals surface area contributed by atoms with Crippen LogP contribution in [0.15, 0.2) is 24.3 Å². The summed E-state index contributed by atoms with van der Waals surface area (Å²) in [5.74, 6) is 0.880. The molecule has 0 unspecified atom stereocenters. The van der Waals surface area contributed by atoms with Gasteiger partial charge in [0.25, 0.3) is 0 Å². The van der Waals surface area contributed by atoms with E-state index in [9.17, 15) is 0 Å². The molecule has 0 saturated heterocycles. The zero-order chi connectivity index (χ0) is 12.3. The molecule has 1 N–H and O–H groups in total. The molecule has 0 aliphatic heterocycles. The fraction of sp³-hybridized carbons (Fsp3) is 0.385. The summed E-state index contributed by atoms with van der Waals surface area (Å²) in [6.45, 7) is 3.84. The van der Waals surface area contributed by atoms with Crippen LogP contribution in [-0.2, 0) is 0 Å². The Hall–Kier alpha value is -1.68. The first kappa shape index (κ1) is 11.8. The highest BCUT2D eigenvalue weighted by Gasteiger charge is 2.03. The molecule has 0 saturated carbocycles. The van der Waals surface area contributed by atoms with Crippen molar-refractivity contribution in [2.24, 2.45) is 0 Å². The van der Waals surface area contributed by atoms with Crippen LogP contribution >= 0.6 is 0 Å². The van der Waals surface area contributed by atoms with Crippen molar-refractivity contribution in [3.05, 3.63) is 30.0 Å². The van der Waals surface area contributed by atoms with Gasteiger partial charge in [-0.2, -0.15) is 0 Å². The number of likely N-dealkylation sites (N-methyl/N-ethyl adjacent to an activating group) is 1. The maximum absolute atomic E-state index is 4.58. The largest absolute Gasteiger partial charge is 0.367 e. The third kappa shape index (κ3) is 2.91. The number of aryl methyl sites for hydroxylation is 1. The fourth-order valence-electron chi connectivity index (χ4n) is 1.65. The molecular formula is C13H18N4. The van der Waals surface area contributed by atoms with Crippen molar-refractivity contribution in [3.63, 3.8) is 0 Å². The molecule has 0 fully saturated rings. The van der Waals surface area contributed by atoms with Gasteiger partial charge in [-0.25, -0.2) is 9.97 Å². The molecule has 0 amide bonds. The van der Waals surface area contributed by atoms with Crippen LogP contribution in [0.1, 0.15) is 5.69 Å². The summed E-state index contributed by atoms with van der Waals surface area (Å²) in [5, 5.41) is 3.32. The molecule has 90 valence electrons. The lowest BCUT2D eigenvalue weighted by Gasteiger charge is -2.12. The second-order valence-electron chi connectivity index (χ2n) is 4.38. The lowest BCUT2D eigenvalue weighted by atomic mass is 10.3. The van der Waals surface area contributed by atoms with Gasteiger partial charge in [0.1, 0.15) is 5.82 Å². The Bertz CT molecular complexity index is 508. The minimum atomic E-state index is 0.876. The van der Waals surface area contributed by atoms with Crippen molar-refractivity contribution in [2.75, 3.05) is 32.5 Å². The molecule has 1 aromatic heterocycles. The van der Waals surface area contributed by atoms with E-state index < -0.39 is 0 Å². The van der Waals surface area contributed by atoms with E-state index in [1.165, 1.54) is 0 Å². The molecule has 1 heterocycles. The number of aromatic nitrogens is 2. The van der Waals surface area contributed by atoms with Gasteiger partial charge in [-0.05, 0) is 33.2 Å². The van der Waals surface area contributed by atoms with Crippen LogP contribution in [0.5, 0.6) is 0 Å². The number of nitrogens with one attached hydrogen (secondary N) is 1. The van der Waals surface area contributed by atoms with Crippen molar-refractivity contribution in [2.45, 2.75) is 6.92 Å². The van der Waals surface area contributed by atoms with Crippen LogP contribution in [0, 0.1) is 6.92 Å². The molecule has 2 aromatic rings. The van der Waals surface area contributed by atoms with Gasteiger partial charge in [0.05, 0.1) is 16.7 Å². The van der Waals surface area contributed by atoms with E-state index in [1.807, 2.05) is 31.2 Å². The van der Waals surface area contributed by atoms with Crippen molar-refractivity contribution >= 4 is 16.9 Å². The number of hydrogen-bond acceptors (Lipinski definition) is 4. The summed E-state index contributed by atoms with van der Waals surface area (Å²) >= 11 is 0. The summed E-state index contributed by atoms with van der Waals surface area (Å²) in [6, 6.07) is 7.93. The number of rotatable bonds is 4. The van der Waals surface area contributed by atoms with Crippen molar-refractivity contribution in [3.8, 4) is 0 Å². The van der Waals surface area contributed by atoms with Gasteiger partial charge in [-0.15, -0.1) is 0 Å². The van der Waals surface area contributed by atoms with Gasteiger partial charge in [0.2, 0.25) is 0 Å². The first-order valence-corrected chi connectivity index (χ1v) is 5.79. The van der Waals surface area contributed by atoms with E-state index >= 15 is 0 Å². The molecule has 4 nitrogen and oxygen atoms in total. The van der Waals surface area contributed by atoms with Gasteiger partial charge in [-0.3, -0.25) is 0 Å². The van der Waals surface area contributed by atoms with Gasteiger partial charge in [0.15, 0.2) is 0 Å². The number of fused-ring (bicyclic) bond motifs is 1. The Balaban J connectivity index is 2.19. The molecule has 0 aliphatic rings. The molecule has 1 aromatic carbocycles. The van der Waals surface area contributed by atoms with Gasteiger partial charge in [0, 0.05) is 13.1 Å². The first-order valence-electron chi connectivity index (χ1n) is 5.79. The lowest BCUT2D eigenvalue weighted by molar-refractivity contribution is 0.425. The molecule has 2 rings (SSSR count). The number of benzene rings is 1. The quantitative estimate of drug-likeness (QED) is 0.871. The van der Waals surface area contributed by atoms with E-state index in [1.54, 1.807) is 0 Å². The summed E-state index contributed by atoms with van der Waals surface area (Å²) in [4.78, 5) is 11.2.